The van der Waals surface area contributed by atoms with Gasteiger partial charge in [0, 0.05) is 19.2 Å². The van der Waals surface area contributed by atoms with Crippen LogP contribution in [0.2, 0.25) is 0 Å². The molecule has 0 aromatic carbocycles. The fourth-order valence-electron chi connectivity index (χ4n) is 2.33. The van der Waals surface area contributed by atoms with Crippen molar-refractivity contribution in [2.24, 2.45) is 0 Å². The molecule has 0 saturated carbocycles. The normalized spacial score (nSPS) is 18.8. The molecule has 21 heavy (non-hydrogen) atoms. The predicted octanol–water partition coefficient (Wildman–Crippen LogP) is 1.39. The van der Waals surface area contributed by atoms with Gasteiger partial charge in [0.25, 0.3) is 11.8 Å². The summed E-state index contributed by atoms with van der Waals surface area (Å²) >= 11 is 3.41. The van der Waals surface area contributed by atoms with Crippen molar-refractivity contribution in [2.45, 2.75) is 12.8 Å². The van der Waals surface area contributed by atoms with Crippen LogP contribution < -0.4 is 15.5 Å². The molecule has 8 heteroatoms. The molecular weight excluding hydrogens is 342 g/mol. The van der Waals surface area contributed by atoms with Gasteiger partial charge in [-0.3, -0.25) is 20.2 Å². The summed E-state index contributed by atoms with van der Waals surface area (Å²) in [6, 6.07) is 0.873. The van der Waals surface area contributed by atoms with Gasteiger partial charge in [-0.2, -0.15) is 0 Å². The number of anilines is 1. The lowest BCUT2D eigenvalue weighted by atomic mass is 10.1. The summed E-state index contributed by atoms with van der Waals surface area (Å²) in [7, 11) is 0. The maximum absolute atomic E-state index is 11.6. The molecule has 3 heterocycles. The third-order valence-electron chi connectivity index (χ3n) is 3.31. The van der Waals surface area contributed by atoms with Gasteiger partial charge in [0.15, 0.2) is 0 Å². The predicted molar refractivity (Wildman–Crippen MR) is 77.5 cm³/mol. The number of halogens is 1. The molecule has 2 aliphatic heterocycles. The number of carbonyl (C=O) groups is 3. The number of barbiturate groups is 1. The molecule has 1 aromatic heterocycles. The van der Waals surface area contributed by atoms with Crippen LogP contribution in [0, 0.1) is 0 Å². The van der Waals surface area contributed by atoms with Gasteiger partial charge in [-0.25, -0.2) is 4.79 Å². The van der Waals surface area contributed by atoms with Crippen molar-refractivity contribution >= 4 is 45.7 Å². The quantitative estimate of drug-likeness (QED) is 0.619. The Balaban J connectivity index is 1.89. The van der Waals surface area contributed by atoms with E-state index in [4.69, 9.17) is 4.42 Å². The van der Waals surface area contributed by atoms with Gasteiger partial charge in [0.05, 0.1) is 4.47 Å². The Morgan fingerprint density at radius 2 is 1.76 bits per heavy atom. The molecule has 0 spiro atoms. The molecule has 0 radical (unpaired) electrons. The lowest BCUT2D eigenvalue weighted by Crippen LogP contribution is -2.51. The summed E-state index contributed by atoms with van der Waals surface area (Å²) in [6.45, 7) is 1.83. The first-order valence-corrected chi connectivity index (χ1v) is 7.26. The first-order chi connectivity index (χ1) is 10.0. The second-order valence-electron chi connectivity index (χ2n) is 4.79. The smallest absolute Gasteiger partial charge is 0.328 e. The standard InChI is InChI=1S/C13H12BrN3O4/c14-9-6-7(21-12(9)17-3-1-2-4-17)5-8-10(18)15-13(20)16-11(8)19/h5-6H,1-4H2,(H2,15,16,18,19,20). The van der Waals surface area contributed by atoms with Crippen LogP contribution in [0.5, 0.6) is 0 Å². The summed E-state index contributed by atoms with van der Waals surface area (Å²) in [6.07, 6.45) is 3.54. The molecule has 2 N–H and O–H groups in total. The van der Waals surface area contributed by atoms with Crippen molar-refractivity contribution in [2.75, 3.05) is 18.0 Å². The number of hydrogen-bond donors (Lipinski definition) is 2. The second-order valence-corrected chi connectivity index (χ2v) is 5.65. The number of rotatable bonds is 2. The van der Waals surface area contributed by atoms with E-state index >= 15 is 0 Å². The summed E-state index contributed by atoms with van der Waals surface area (Å²) in [5, 5.41) is 4.03. The minimum absolute atomic E-state index is 0.163. The highest BCUT2D eigenvalue weighted by atomic mass is 79.9. The SMILES string of the molecule is O=C1NC(=O)C(=Cc2cc(Br)c(N3CCCC3)o2)C(=O)N1. The fourth-order valence-corrected chi connectivity index (χ4v) is 2.89. The number of hydrogen-bond acceptors (Lipinski definition) is 5. The number of nitrogens with one attached hydrogen (secondary N) is 2. The molecule has 0 unspecified atom stereocenters. The van der Waals surface area contributed by atoms with Gasteiger partial charge in [-0.05, 0) is 34.8 Å². The van der Waals surface area contributed by atoms with Crippen LogP contribution in [0.25, 0.3) is 6.08 Å². The van der Waals surface area contributed by atoms with E-state index < -0.39 is 17.8 Å². The van der Waals surface area contributed by atoms with E-state index in [-0.39, 0.29) is 5.57 Å². The van der Waals surface area contributed by atoms with Crippen molar-refractivity contribution in [3.8, 4) is 0 Å². The second kappa shape index (κ2) is 5.36. The number of imide groups is 2. The third-order valence-corrected chi connectivity index (χ3v) is 3.88. The maximum atomic E-state index is 11.6. The Hall–Kier alpha value is -2.09. The summed E-state index contributed by atoms with van der Waals surface area (Å²) in [5.41, 5.74) is -0.163. The molecule has 4 amide bonds. The number of carbonyl (C=O) groups excluding carboxylic acids is 3. The molecule has 2 saturated heterocycles. The monoisotopic (exact) mass is 353 g/mol. The fraction of sp³-hybridized carbons (Fsp3) is 0.308. The average Bonchev–Trinajstić information content (AvgIpc) is 3.02. The van der Waals surface area contributed by atoms with E-state index in [9.17, 15) is 14.4 Å². The minimum Gasteiger partial charge on any atom is -0.440 e. The van der Waals surface area contributed by atoms with Crippen molar-refractivity contribution in [1.82, 2.24) is 10.6 Å². The van der Waals surface area contributed by atoms with Gasteiger partial charge in [-0.1, -0.05) is 0 Å². The Morgan fingerprint density at radius 1 is 1.14 bits per heavy atom. The molecule has 0 bridgehead atoms. The van der Waals surface area contributed by atoms with Gasteiger partial charge in [-0.15, -0.1) is 0 Å². The van der Waals surface area contributed by atoms with E-state index in [0.29, 0.717) is 11.6 Å². The largest absolute Gasteiger partial charge is 0.440 e. The van der Waals surface area contributed by atoms with Crippen LogP contribution in [0.15, 0.2) is 20.5 Å². The van der Waals surface area contributed by atoms with Gasteiger partial charge in [0.2, 0.25) is 5.88 Å². The van der Waals surface area contributed by atoms with E-state index in [2.05, 4.69) is 20.8 Å². The van der Waals surface area contributed by atoms with Gasteiger partial charge < -0.3 is 9.32 Å². The molecule has 2 aliphatic rings. The van der Waals surface area contributed by atoms with Crippen molar-refractivity contribution in [1.29, 1.82) is 0 Å². The van der Waals surface area contributed by atoms with Gasteiger partial charge in [0.1, 0.15) is 11.3 Å². The number of furan rings is 1. The van der Waals surface area contributed by atoms with Crippen LogP contribution >= 0.6 is 15.9 Å². The number of nitrogens with zero attached hydrogens (tertiary/aromatic N) is 1. The highest BCUT2D eigenvalue weighted by molar-refractivity contribution is 9.10. The van der Waals surface area contributed by atoms with E-state index in [1.165, 1.54) is 6.08 Å². The topological polar surface area (TPSA) is 91.7 Å². The first-order valence-electron chi connectivity index (χ1n) is 6.47. The molecule has 2 fully saturated rings. The summed E-state index contributed by atoms with van der Waals surface area (Å²) in [4.78, 5) is 36.4. The summed E-state index contributed by atoms with van der Waals surface area (Å²) < 4.78 is 6.45. The Kier molecular flexibility index (Phi) is 3.54. The van der Waals surface area contributed by atoms with Crippen LogP contribution in [0.1, 0.15) is 18.6 Å². The number of urea groups is 1. The maximum Gasteiger partial charge on any atom is 0.328 e. The minimum atomic E-state index is -0.819. The highest BCUT2D eigenvalue weighted by Crippen LogP contribution is 2.33. The zero-order chi connectivity index (χ0) is 15.0. The Morgan fingerprint density at radius 3 is 2.38 bits per heavy atom. The Labute approximate surface area is 128 Å². The Bertz CT molecular complexity index is 636. The molecular formula is C13H12BrN3O4. The van der Waals surface area contributed by atoms with E-state index in [0.717, 1.165) is 30.4 Å². The summed E-state index contributed by atoms with van der Waals surface area (Å²) in [5.74, 6) is -0.413. The molecule has 0 atom stereocenters. The van der Waals surface area contributed by atoms with Crippen molar-refractivity contribution < 1.29 is 18.8 Å². The zero-order valence-corrected chi connectivity index (χ0v) is 12.5. The highest BCUT2D eigenvalue weighted by Gasteiger charge is 2.28. The molecule has 7 nitrogen and oxygen atoms in total. The van der Waals surface area contributed by atoms with E-state index in [1.54, 1.807) is 6.07 Å². The van der Waals surface area contributed by atoms with Crippen LogP contribution in [-0.4, -0.2) is 30.9 Å². The lowest BCUT2D eigenvalue weighted by molar-refractivity contribution is -0.123. The first kappa shape index (κ1) is 13.9. The van der Waals surface area contributed by atoms with Crippen molar-refractivity contribution in [3.05, 3.63) is 21.9 Å². The van der Waals surface area contributed by atoms with Crippen LogP contribution in [-0.2, 0) is 9.59 Å². The third kappa shape index (κ3) is 2.71. The average molecular weight is 354 g/mol. The van der Waals surface area contributed by atoms with Crippen LogP contribution in [0.4, 0.5) is 10.7 Å². The van der Waals surface area contributed by atoms with Crippen LogP contribution in [0.3, 0.4) is 0 Å². The molecule has 0 aliphatic carbocycles. The zero-order valence-electron chi connectivity index (χ0n) is 10.9. The molecule has 110 valence electrons. The van der Waals surface area contributed by atoms with E-state index in [1.807, 2.05) is 10.6 Å². The van der Waals surface area contributed by atoms with Crippen molar-refractivity contribution in [3.63, 3.8) is 0 Å². The lowest BCUT2D eigenvalue weighted by Gasteiger charge is -2.14. The molecule has 3 rings (SSSR count). The molecule has 1 aromatic rings. The number of amides is 4. The van der Waals surface area contributed by atoms with Gasteiger partial charge >= 0.3 is 6.03 Å².